The first-order valence-corrected chi connectivity index (χ1v) is 7.91. The zero-order valence-electron chi connectivity index (χ0n) is 14.2. The van der Waals surface area contributed by atoms with Crippen LogP contribution in [0.4, 0.5) is 0 Å². The molecule has 0 fully saturated rings. The summed E-state index contributed by atoms with van der Waals surface area (Å²) in [7, 11) is 3.49. The first-order chi connectivity index (χ1) is 10.6. The lowest BCUT2D eigenvalue weighted by atomic mass is 10.1. The molecule has 122 valence electrons. The molecule has 5 nitrogen and oxygen atoms in total. The number of ether oxygens (including phenoxy) is 2. The van der Waals surface area contributed by atoms with Crippen LogP contribution in [0.2, 0.25) is 0 Å². The van der Waals surface area contributed by atoms with E-state index in [-0.39, 0.29) is 6.10 Å². The van der Waals surface area contributed by atoms with Crippen LogP contribution in [0.25, 0.3) is 0 Å². The average Bonchev–Trinajstić information content (AvgIpc) is 2.88. The maximum atomic E-state index is 5.83. The van der Waals surface area contributed by atoms with Gasteiger partial charge in [-0.2, -0.15) is 0 Å². The van der Waals surface area contributed by atoms with Crippen molar-refractivity contribution in [3.8, 4) is 11.5 Å². The first kappa shape index (κ1) is 16.5. The minimum Gasteiger partial charge on any atom is -0.496 e. The van der Waals surface area contributed by atoms with Crippen LogP contribution in [-0.2, 0) is 13.0 Å². The van der Waals surface area contributed by atoms with Crippen LogP contribution >= 0.6 is 0 Å². The molecular weight excluding hydrogens is 278 g/mol. The SMILES string of the molecule is CCC(C)NC(=NC)NCc1cc2c(cc1OC)CC(C)O2. The van der Waals surface area contributed by atoms with Crippen molar-refractivity contribution in [1.82, 2.24) is 10.6 Å². The van der Waals surface area contributed by atoms with Crippen LogP contribution in [0, 0.1) is 0 Å². The number of benzene rings is 1. The number of aliphatic imine (C=N–C) groups is 1. The Balaban J connectivity index is 2.08. The summed E-state index contributed by atoms with van der Waals surface area (Å²) in [5, 5.41) is 6.68. The molecule has 2 N–H and O–H groups in total. The van der Waals surface area contributed by atoms with Gasteiger partial charge in [0.05, 0.1) is 7.11 Å². The van der Waals surface area contributed by atoms with Gasteiger partial charge in [0.2, 0.25) is 0 Å². The Morgan fingerprint density at radius 3 is 2.91 bits per heavy atom. The third-order valence-electron chi connectivity index (χ3n) is 3.96. The Morgan fingerprint density at radius 1 is 1.50 bits per heavy atom. The van der Waals surface area contributed by atoms with Crippen molar-refractivity contribution < 1.29 is 9.47 Å². The van der Waals surface area contributed by atoms with E-state index in [0.29, 0.717) is 12.6 Å². The molecule has 0 saturated heterocycles. The minimum atomic E-state index is 0.239. The highest BCUT2D eigenvalue weighted by Gasteiger charge is 2.21. The number of hydrogen-bond acceptors (Lipinski definition) is 3. The molecule has 1 aromatic rings. The largest absolute Gasteiger partial charge is 0.496 e. The summed E-state index contributed by atoms with van der Waals surface area (Å²) in [6.07, 6.45) is 2.23. The van der Waals surface area contributed by atoms with Crippen molar-refractivity contribution in [3.63, 3.8) is 0 Å². The summed E-state index contributed by atoms with van der Waals surface area (Å²) in [5.74, 6) is 2.66. The maximum Gasteiger partial charge on any atom is 0.191 e. The van der Waals surface area contributed by atoms with Crippen molar-refractivity contribution in [2.45, 2.75) is 52.3 Å². The number of guanidine groups is 1. The van der Waals surface area contributed by atoms with Gasteiger partial charge in [-0.25, -0.2) is 0 Å². The maximum absolute atomic E-state index is 5.83. The van der Waals surface area contributed by atoms with E-state index in [2.05, 4.69) is 48.5 Å². The second-order valence-corrected chi connectivity index (χ2v) is 5.78. The van der Waals surface area contributed by atoms with E-state index in [1.165, 1.54) is 5.56 Å². The minimum absolute atomic E-state index is 0.239. The number of hydrogen-bond donors (Lipinski definition) is 2. The summed E-state index contributed by atoms with van der Waals surface area (Å²) in [4.78, 5) is 4.25. The topological polar surface area (TPSA) is 54.9 Å². The number of rotatable bonds is 5. The predicted octanol–water partition coefficient (Wildman–Crippen LogP) is 2.48. The Hall–Kier alpha value is -1.91. The molecule has 1 heterocycles. The Labute approximate surface area is 133 Å². The van der Waals surface area contributed by atoms with Crippen molar-refractivity contribution in [2.75, 3.05) is 14.2 Å². The Bertz CT molecular complexity index is 543. The molecule has 0 amide bonds. The molecule has 0 aromatic heterocycles. The van der Waals surface area contributed by atoms with E-state index in [1.807, 2.05) is 0 Å². The molecule has 2 rings (SSSR count). The van der Waals surface area contributed by atoms with Crippen molar-refractivity contribution in [1.29, 1.82) is 0 Å². The van der Waals surface area contributed by atoms with Crippen LogP contribution in [0.3, 0.4) is 0 Å². The molecule has 0 aliphatic carbocycles. The summed E-state index contributed by atoms with van der Waals surface area (Å²) in [5.41, 5.74) is 2.29. The quantitative estimate of drug-likeness (QED) is 0.648. The van der Waals surface area contributed by atoms with Crippen LogP contribution < -0.4 is 20.1 Å². The molecule has 2 unspecified atom stereocenters. The second-order valence-electron chi connectivity index (χ2n) is 5.78. The van der Waals surface area contributed by atoms with Gasteiger partial charge in [-0.15, -0.1) is 0 Å². The number of nitrogens with one attached hydrogen (secondary N) is 2. The lowest BCUT2D eigenvalue weighted by Crippen LogP contribution is -2.41. The van der Waals surface area contributed by atoms with E-state index >= 15 is 0 Å². The van der Waals surface area contributed by atoms with E-state index < -0.39 is 0 Å². The highest BCUT2D eigenvalue weighted by Crippen LogP contribution is 2.34. The standard InChI is InChI=1S/C17H27N3O2/c1-6-11(2)20-17(18-4)19-10-14-9-16-13(7-12(3)22-16)8-15(14)21-5/h8-9,11-12H,6-7,10H2,1-5H3,(H2,18,19,20). The monoisotopic (exact) mass is 305 g/mol. The lowest BCUT2D eigenvalue weighted by Gasteiger charge is -2.17. The molecule has 1 aliphatic rings. The third-order valence-corrected chi connectivity index (χ3v) is 3.96. The van der Waals surface area contributed by atoms with E-state index in [1.54, 1.807) is 14.2 Å². The van der Waals surface area contributed by atoms with Gasteiger partial charge in [-0.1, -0.05) is 6.92 Å². The number of nitrogens with zero attached hydrogens (tertiary/aromatic N) is 1. The van der Waals surface area contributed by atoms with Gasteiger partial charge in [0, 0.05) is 37.2 Å². The van der Waals surface area contributed by atoms with Crippen molar-refractivity contribution in [3.05, 3.63) is 23.3 Å². The molecule has 22 heavy (non-hydrogen) atoms. The van der Waals surface area contributed by atoms with E-state index in [0.717, 1.165) is 35.9 Å². The highest BCUT2D eigenvalue weighted by atomic mass is 16.5. The van der Waals surface area contributed by atoms with Gasteiger partial charge in [0.25, 0.3) is 0 Å². The van der Waals surface area contributed by atoms with Gasteiger partial charge in [-0.05, 0) is 32.4 Å². The smallest absolute Gasteiger partial charge is 0.191 e. The molecule has 0 saturated carbocycles. The van der Waals surface area contributed by atoms with Crippen LogP contribution in [-0.4, -0.2) is 32.3 Å². The zero-order chi connectivity index (χ0) is 16.1. The van der Waals surface area contributed by atoms with E-state index in [9.17, 15) is 0 Å². The van der Waals surface area contributed by atoms with Crippen molar-refractivity contribution in [2.24, 2.45) is 4.99 Å². The van der Waals surface area contributed by atoms with Gasteiger partial charge < -0.3 is 20.1 Å². The Kier molecular flexibility index (Phi) is 5.52. The lowest BCUT2D eigenvalue weighted by molar-refractivity contribution is 0.254. The van der Waals surface area contributed by atoms with Gasteiger partial charge >= 0.3 is 0 Å². The fourth-order valence-electron chi connectivity index (χ4n) is 2.52. The van der Waals surface area contributed by atoms with Crippen LogP contribution in [0.1, 0.15) is 38.3 Å². The fraction of sp³-hybridized carbons (Fsp3) is 0.588. The molecule has 2 atom stereocenters. The second kappa shape index (κ2) is 7.38. The normalized spacial score (nSPS) is 18.4. The van der Waals surface area contributed by atoms with Gasteiger partial charge in [-0.3, -0.25) is 4.99 Å². The molecule has 1 aromatic carbocycles. The summed E-state index contributed by atoms with van der Waals surface area (Å²) < 4.78 is 11.4. The van der Waals surface area contributed by atoms with Crippen molar-refractivity contribution >= 4 is 5.96 Å². The Morgan fingerprint density at radius 2 is 2.27 bits per heavy atom. The number of fused-ring (bicyclic) bond motifs is 1. The van der Waals surface area contributed by atoms with Gasteiger partial charge in [0.15, 0.2) is 5.96 Å². The molecule has 0 bridgehead atoms. The highest BCUT2D eigenvalue weighted by molar-refractivity contribution is 5.80. The molecule has 5 heteroatoms. The first-order valence-electron chi connectivity index (χ1n) is 7.91. The third kappa shape index (κ3) is 3.84. The summed E-state index contributed by atoms with van der Waals surface area (Å²) >= 11 is 0. The zero-order valence-corrected chi connectivity index (χ0v) is 14.2. The number of methoxy groups -OCH3 is 1. The van der Waals surface area contributed by atoms with Crippen LogP contribution in [0.5, 0.6) is 11.5 Å². The molecule has 0 spiro atoms. The summed E-state index contributed by atoms with van der Waals surface area (Å²) in [6.45, 7) is 7.01. The predicted molar refractivity (Wildman–Crippen MR) is 89.9 cm³/mol. The van der Waals surface area contributed by atoms with E-state index in [4.69, 9.17) is 9.47 Å². The summed E-state index contributed by atoms with van der Waals surface area (Å²) in [6, 6.07) is 4.54. The average molecular weight is 305 g/mol. The van der Waals surface area contributed by atoms with Crippen LogP contribution in [0.15, 0.2) is 17.1 Å². The molecule has 1 aliphatic heterocycles. The van der Waals surface area contributed by atoms with Gasteiger partial charge in [0.1, 0.15) is 17.6 Å². The molecule has 0 radical (unpaired) electrons. The molecular formula is C17H27N3O2. The fourth-order valence-corrected chi connectivity index (χ4v) is 2.52.